The predicted molar refractivity (Wildman–Crippen MR) is 125 cm³/mol. The molecule has 0 aromatic heterocycles. The summed E-state index contributed by atoms with van der Waals surface area (Å²) in [6.45, 7) is 0.192. The fourth-order valence-corrected chi connectivity index (χ4v) is 4.89. The van der Waals surface area contributed by atoms with E-state index in [2.05, 4.69) is 4.40 Å². The highest BCUT2D eigenvalue weighted by Crippen LogP contribution is 2.27. The fourth-order valence-electron chi connectivity index (χ4n) is 3.43. The second-order valence-corrected chi connectivity index (χ2v) is 9.38. The monoisotopic (exact) mass is 484 g/mol. The number of carbonyl (C=O) groups is 1. The lowest BCUT2D eigenvalue weighted by molar-refractivity contribution is 0.0130. The van der Waals surface area contributed by atoms with Gasteiger partial charge in [-0.3, -0.25) is 0 Å². The molecule has 0 unspecified atom stereocenters. The van der Waals surface area contributed by atoms with Gasteiger partial charge < -0.3 is 14.4 Å². The Hall–Kier alpha value is -3.36. The summed E-state index contributed by atoms with van der Waals surface area (Å²) < 4.78 is 40.3. The average Bonchev–Trinajstić information content (AvgIpc) is 3.09. The maximum Gasteiger partial charge on any atom is 0.340 e. The Morgan fingerprint density at radius 3 is 2.42 bits per heavy atom. The van der Waals surface area contributed by atoms with Gasteiger partial charge in [0.05, 0.1) is 17.1 Å². The Morgan fingerprint density at radius 1 is 1.00 bits per heavy atom. The molecule has 170 valence electrons. The van der Waals surface area contributed by atoms with Gasteiger partial charge in [-0.2, -0.15) is 8.42 Å². The van der Waals surface area contributed by atoms with Gasteiger partial charge in [-0.25, -0.2) is 4.79 Å². The van der Waals surface area contributed by atoms with E-state index in [1.807, 2.05) is 18.2 Å². The highest BCUT2D eigenvalue weighted by molar-refractivity contribution is 7.90. The maximum absolute atomic E-state index is 12.8. The van der Waals surface area contributed by atoms with Crippen molar-refractivity contribution in [1.82, 2.24) is 4.90 Å². The molecule has 1 aliphatic heterocycles. The quantitative estimate of drug-likeness (QED) is 0.471. The van der Waals surface area contributed by atoms with Crippen LogP contribution in [0.2, 0.25) is 5.02 Å². The second kappa shape index (κ2) is 9.64. The van der Waals surface area contributed by atoms with Crippen molar-refractivity contribution < 1.29 is 22.7 Å². The standard InChI is InChI=1S/C24H21ClN2O5S/c1-27(23-20-12-6-8-14-22(20)33(29,30)26-23)15-18(16-31-17-9-3-2-4-10-17)32-24(28)19-11-5-7-13-21(19)25/h2-14,18H,15-16H2,1H3/t18-/m1/s1. The molecule has 33 heavy (non-hydrogen) atoms. The number of sulfonamides is 1. The number of rotatable bonds is 7. The van der Waals surface area contributed by atoms with Crippen molar-refractivity contribution in [3.63, 3.8) is 0 Å². The molecule has 0 saturated heterocycles. The van der Waals surface area contributed by atoms with E-state index in [0.717, 1.165) is 0 Å². The van der Waals surface area contributed by atoms with Gasteiger partial charge in [-0.1, -0.05) is 54.1 Å². The Balaban J connectivity index is 1.55. The Morgan fingerprint density at radius 2 is 1.67 bits per heavy atom. The fraction of sp³-hybridized carbons (Fsp3) is 0.167. The molecule has 0 spiro atoms. The molecule has 1 aliphatic rings. The van der Waals surface area contributed by atoms with E-state index in [0.29, 0.717) is 11.3 Å². The predicted octanol–water partition coefficient (Wildman–Crippen LogP) is 4.03. The van der Waals surface area contributed by atoms with Crippen LogP contribution in [0.3, 0.4) is 0 Å². The molecule has 0 radical (unpaired) electrons. The topological polar surface area (TPSA) is 85.3 Å². The molecular formula is C24H21ClN2O5S. The molecule has 0 aliphatic carbocycles. The van der Waals surface area contributed by atoms with Crippen LogP contribution in [0.4, 0.5) is 0 Å². The number of benzene rings is 3. The Labute approximate surface area is 197 Å². The number of ether oxygens (including phenoxy) is 2. The zero-order valence-electron chi connectivity index (χ0n) is 17.7. The SMILES string of the molecule is CN(C[C@H](COc1ccccc1)OC(=O)c1ccccc1Cl)C1=NS(=O)(=O)c2ccccc21. The van der Waals surface area contributed by atoms with Gasteiger partial charge in [0.15, 0.2) is 11.9 Å². The number of para-hydroxylation sites is 1. The summed E-state index contributed by atoms with van der Waals surface area (Å²) in [6, 6.07) is 22.3. The largest absolute Gasteiger partial charge is 0.490 e. The van der Waals surface area contributed by atoms with Crippen LogP contribution in [-0.4, -0.2) is 51.4 Å². The van der Waals surface area contributed by atoms with E-state index in [1.54, 1.807) is 66.5 Å². The zero-order valence-corrected chi connectivity index (χ0v) is 19.3. The van der Waals surface area contributed by atoms with Crippen LogP contribution in [0, 0.1) is 0 Å². The third kappa shape index (κ3) is 5.18. The van der Waals surface area contributed by atoms with E-state index in [4.69, 9.17) is 21.1 Å². The van der Waals surface area contributed by atoms with Crippen molar-refractivity contribution in [1.29, 1.82) is 0 Å². The second-order valence-electron chi connectivity index (χ2n) is 7.40. The minimum absolute atomic E-state index is 0.0478. The number of nitrogens with zero attached hydrogens (tertiary/aromatic N) is 2. The molecular weight excluding hydrogens is 464 g/mol. The molecule has 9 heteroatoms. The number of esters is 1. The number of halogens is 1. The first-order chi connectivity index (χ1) is 15.8. The molecule has 1 atom stereocenters. The highest BCUT2D eigenvalue weighted by atomic mass is 35.5. The van der Waals surface area contributed by atoms with Crippen molar-refractivity contribution in [3.8, 4) is 5.75 Å². The first kappa shape index (κ1) is 22.8. The smallest absolute Gasteiger partial charge is 0.340 e. The maximum atomic E-state index is 12.8. The van der Waals surface area contributed by atoms with Crippen LogP contribution in [0.25, 0.3) is 0 Å². The molecule has 3 aromatic rings. The lowest BCUT2D eigenvalue weighted by atomic mass is 10.2. The summed E-state index contributed by atoms with van der Waals surface area (Å²) in [5, 5.41) is 0.277. The van der Waals surface area contributed by atoms with Gasteiger partial charge >= 0.3 is 5.97 Å². The summed E-state index contributed by atoms with van der Waals surface area (Å²) >= 11 is 6.14. The summed E-state index contributed by atoms with van der Waals surface area (Å²) in [5.41, 5.74) is 0.734. The van der Waals surface area contributed by atoms with Crippen LogP contribution in [0.1, 0.15) is 15.9 Å². The molecule has 1 heterocycles. The van der Waals surface area contributed by atoms with Gasteiger partial charge in [0.25, 0.3) is 10.0 Å². The summed E-state index contributed by atoms with van der Waals surface area (Å²) in [4.78, 5) is 14.6. The van der Waals surface area contributed by atoms with Crippen molar-refractivity contribution in [2.75, 3.05) is 20.2 Å². The summed E-state index contributed by atoms with van der Waals surface area (Å²) in [7, 11) is -2.08. The van der Waals surface area contributed by atoms with Gasteiger partial charge in [-0.15, -0.1) is 4.40 Å². The van der Waals surface area contributed by atoms with Gasteiger partial charge in [0.2, 0.25) is 0 Å². The number of fused-ring (bicyclic) bond motifs is 1. The van der Waals surface area contributed by atoms with Crippen molar-refractivity contribution in [2.45, 2.75) is 11.0 Å². The minimum atomic E-state index is -3.77. The average molecular weight is 485 g/mol. The summed E-state index contributed by atoms with van der Waals surface area (Å²) in [5.74, 6) is 0.297. The van der Waals surface area contributed by atoms with E-state index in [-0.39, 0.29) is 34.5 Å². The molecule has 4 rings (SSSR count). The van der Waals surface area contributed by atoms with E-state index >= 15 is 0 Å². The van der Waals surface area contributed by atoms with E-state index < -0.39 is 22.1 Å². The minimum Gasteiger partial charge on any atom is -0.490 e. The van der Waals surface area contributed by atoms with Gasteiger partial charge in [0.1, 0.15) is 17.3 Å². The third-order valence-electron chi connectivity index (χ3n) is 5.00. The lowest BCUT2D eigenvalue weighted by Crippen LogP contribution is -2.39. The van der Waals surface area contributed by atoms with Gasteiger partial charge in [-0.05, 0) is 36.4 Å². The van der Waals surface area contributed by atoms with Crippen LogP contribution in [0.15, 0.2) is 88.2 Å². The van der Waals surface area contributed by atoms with Crippen LogP contribution in [0.5, 0.6) is 5.75 Å². The van der Waals surface area contributed by atoms with Crippen molar-refractivity contribution in [3.05, 3.63) is 95.0 Å². The number of carbonyl (C=O) groups excluding carboxylic acids is 1. The number of hydrogen-bond donors (Lipinski definition) is 0. The van der Waals surface area contributed by atoms with E-state index in [1.165, 1.54) is 6.07 Å². The zero-order chi connectivity index (χ0) is 23.4. The Bertz CT molecular complexity index is 1290. The molecule has 0 saturated carbocycles. The van der Waals surface area contributed by atoms with Crippen molar-refractivity contribution in [2.24, 2.45) is 4.40 Å². The van der Waals surface area contributed by atoms with Crippen LogP contribution in [-0.2, 0) is 14.8 Å². The molecule has 0 bridgehead atoms. The Kier molecular flexibility index (Phi) is 6.67. The first-order valence-corrected chi connectivity index (χ1v) is 12.0. The van der Waals surface area contributed by atoms with E-state index in [9.17, 15) is 13.2 Å². The molecule has 0 N–H and O–H groups in total. The summed E-state index contributed by atoms with van der Waals surface area (Å²) in [6.07, 6.45) is -0.739. The van der Waals surface area contributed by atoms with Crippen LogP contribution < -0.4 is 4.74 Å². The normalized spacial score (nSPS) is 14.7. The molecule has 7 nitrogen and oxygen atoms in total. The highest BCUT2D eigenvalue weighted by Gasteiger charge is 2.32. The molecule has 3 aromatic carbocycles. The lowest BCUT2D eigenvalue weighted by Gasteiger charge is -2.26. The molecule has 0 amide bonds. The van der Waals surface area contributed by atoms with Gasteiger partial charge in [0, 0.05) is 12.6 Å². The van der Waals surface area contributed by atoms with Crippen LogP contribution >= 0.6 is 11.6 Å². The number of hydrogen-bond acceptors (Lipinski definition) is 6. The van der Waals surface area contributed by atoms with Crippen molar-refractivity contribution >= 4 is 33.4 Å². The number of amidine groups is 1. The first-order valence-electron chi connectivity index (χ1n) is 10.1. The molecule has 0 fully saturated rings. The number of likely N-dealkylation sites (N-methyl/N-ethyl adjacent to an activating group) is 1. The third-order valence-corrected chi connectivity index (χ3v) is 6.65.